The summed E-state index contributed by atoms with van der Waals surface area (Å²) >= 11 is 0. The van der Waals surface area contributed by atoms with Crippen molar-refractivity contribution in [3.63, 3.8) is 0 Å². The van der Waals surface area contributed by atoms with Gasteiger partial charge in [-0.1, -0.05) is 6.42 Å². The summed E-state index contributed by atoms with van der Waals surface area (Å²) in [6.07, 6.45) is -0.607. The standard InChI is InChI=1S/C15H30F3N3/c1-14(2,3)19-7-5-4-6-8-20-9-11-21(12-10-20)13-15(16,17)18/h19H,4-13H2,1-3H3. The molecule has 0 unspecified atom stereocenters. The summed E-state index contributed by atoms with van der Waals surface area (Å²) in [6, 6.07) is 0. The quantitative estimate of drug-likeness (QED) is 0.730. The normalized spacial score (nSPS) is 19.1. The number of hydrogen-bond donors (Lipinski definition) is 1. The summed E-state index contributed by atoms with van der Waals surface area (Å²) in [5.41, 5.74) is 0.175. The maximum absolute atomic E-state index is 12.3. The van der Waals surface area contributed by atoms with Crippen molar-refractivity contribution in [3.05, 3.63) is 0 Å². The first kappa shape index (κ1) is 18.7. The highest BCUT2D eigenvalue weighted by atomic mass is 19.4. The molecule has 0 spiro atoms. The van der Waals surface area contributed by atoms with Gasteiger partial charge in [0.15, 0.2) is 0 Å². The Labute approximate surface area is 126 Å². The highest BCUT2D eigenvalue weighted by molar-refractivity contribution is 4.74. The first-order chi connectivity index (χ1) is 9.66. The van der Waals surface area contributed by atoms with Gasteiger partial charge in [0.05, 0.1) is 6.54 Å². The van der Waals surface area contributed by atoms with Gasteiger partial charge in [-0.2, -0.15) is 13.2 Å². The van der Waals surface area contributed by atoms with E-state index in [0.717, 1.165) is 39.0 Å². The highest BCUT2D eigenvalue weighted by Gasteiger charge is 2.31. The maximum atomic E-state index is 12.3. The van der Waals surface area contributed by atoms with Gasteiger partial charge in [-0.15, -0.1) is 0 Å². The van der Waals surface area contributed by atoms with Crippen LogP contribution in [-0.4, -0.2) is 67.3 Å². The number of unbranched alkanes of at least 4 members (excludes halogenated alkanes) is 2. The Bertz CT molecular complexity index is 279. The topological polar surface area (TPSA) is 18.5 Å². The van der Waals surface area contributed by atoms with Gasteiger partial charge in [-0.25, -0.2) is 0 Å². The zero-order valence-electron chi connectivity index (χ0n) is 13.6. The lowest BCUT2D eigenvalue weighted by molar-refractivity contribution is -0.149. The van der Waals surface area contributed by atoms with Crippen molar-refractivity contribution < 1.29 is 13.2 Å². The van der Waals surface area contributed by atoms with Gasteiger partial charge in [-0.05, 0) is 46.7 Å². The molecule has 0 aliphatic carbocycles. The molecule has 21 heavy (non-hydrogen) atoms. The number of halogens is 3. The van der Waals surface area contributed by atoms with Crippen molar-refractivity contribution in [2.45, 2.75) is 51.7 Å². The number of rotatable bonds is 7. The van der Waals surface area contributed by atoms with Gasteiger partial charge in [-0.3, -0.25) is 4.90 Å². The fourth-order valence-electron chi connectivity index (χ4n) is 2.53. The van der Waals surface area contributed by atoms with E-state index in [2.05, 4.69) is 31.0 Å². The largest absolute Gasteiger partial charge is 0.401 e. The van der Waals surface area contributed by atoms with Crippen LogP contribution in [0.5, 0.6) is 0 Å². The van der Waals surface area contributed by atoms with E-state index in [-0.39, 0.29) is 5.54 Å². The molecule has 0 radical (unpaired) electrons. The van der Waals surface area contributed by atoms with Gasteiger partial charge in [0.25, 0.3) is 0 Å². The van der Waals surface area contributed by atoms with Gasteiger partial charge in [0, 0.05) is 31.7 Å². The predicted octanol–water partition coefficient (Wildman–Crippen LogP) is 2.72. The van der Waals surface area contributed by atoms with Crippen molar-refractivity contribution >= 4 is 0 Å². The SMILES string of the molecule is CC(C)(C)NCCCCCN1CCN(CC(F)(F)F)CC1. The molecule has 126 valence electrons. The number of nitrogens with zero attached hydrogens (tertiary/aromatic N) is 2. The minimum Gasteiger partial charge on any atom is -0.312 e. The Morgan fingerprint density at radius 2 is 1.43 bits per heavy atom. The molecule has 0 atom stereocenters. The van der Waals surface area contributed by atoms with E-state index in [0.29, 0.717) is 13.1 Å². The van der Waals surface area contributed by atoms with Crippen LogP contribution in [0.3, 0.4) is 0 Å². The molecular formula is C15H30F3N3. The van der Waals surface area contributed by atoms with Crippen LogP contribution in [0.2, 0.25) is 0 Å². The van der Waals surface area contributed by atoms with Crippen LogP contribution in [-0.2, 0) is 0 Å². The molecule has 1 fully saturated rings. The molecule has 1 heterocycles. The molecule has 1 N–H and O–H groups in total. The third kappa shape index (κ3) is 10.1. The molecular weight excluding hydrogens is 279 g/mol. The van der Waals surface area contributed by atoms with Gasteiger partial charge in [0.1, 0.15) is 0 Å². The lowest BCUT2D eigenvalue weighted by atomic mass is 10.1. The summed E-state index contributed by atoms with van der Waals surface area (Å²) in [4.78, 5) is 3.79. The van der Waals surface area contributed by atoms with Gasteiger partial charge >= 0.3 is 6.18 Å². The summed E-state index contributed by atoms with van der Waals surface area (Å²) < 4.78 is 36.8. The number of piperazine rings is 1. The second-order valence-electron chi connectivity index (χ2n) is 6.97. The zero-order valence-corrected chi connectivity index (χ0v) is 13.6. The highest BCUT2D eigenvalue weighted by Crippen LogP contribution is 2.17. The van der Waals surface area contributed by atoms with E-state index in [1.165, 1.54) is 11.3 Å². The van der Waals surface area contributed by atoms with E-state index in [1.807, 2.05) is 0 Å². The second-order valence-corrected chi connectivity index (χ2v) is 6.97. The van der Waals surface area contributed by atoms with E-state index in [9.17, 15) is 13.2 Å². The number of nitrogens with one attached hydrogen (secondary N) is 1. The molecule has 1 aliphatic heterocycles. The van der Waals surface area contributed by atoms with Crippen molar-refractivity contribution in [1.82, 2.24) is 15.1 Å². The van der Waals surface area contributed by atoms with Gasteiger partial charge < -0.3 is 10.2 Å². The molecule has 3 nitrogen and oxygen atoms in total. The number of hydrogen-bond acceptors (Lipinski definition) is 3. The smallest absolute Gasteiger partial charge is 0.312 e. The molecule has 0 aromatic heterocycles. The average Bonchev–Trinajstić information content (AvgIpc) is 2.32. The summed E-state index contributed by atoms with van der Waals surface area (Å²) in [7, 11) is 0. The Balaban J connectivity index is 2.01. The molecule has 0 amide bonds. The molecule has 0 bridgehead atoms. The van der Waals surface area contributed by atoms with Crippen LogP contribution in [0.25, 0.3) is 0 Å². The lowest BCUT2D eigenvalue weighted by Gasteiger charge is -2.35. The summed E-state index contributed by atoms with van der Waals surface area (Å²) in [5.74, 6) is 0. The van der Waals surface area contributed by atoms with E-state index in [1.54, 1.807) is 0 Å². The van der Waals surface area contributed by atoms with Gasteiger partial charge in [0.2, 0.25) is 0 Å². The minimum atomic E-state index is -4.07. The first-order valence-corrected chi connectivity index (χ1v) is 7.92. The Morgan fingerprint density at radius 1 is 0.857 bits per heavy atom. The summed E-state index contributed by atoms with van der Waals surface area (Å²) in [6.45, 7) is 10.3. The van der Waals surface area contributed by atoms with E-state index >= 15 is 0 Å². The van der Waals surface area contributed by atoms with Crippen molar-refractivity contribution in [2.75, 3.05) is 45.8 Å². The molecule has 1 saturated heterocycles. The Hall–Kier alpha value is -0.330. The number of alkyl halides is 3. The van der Waals surface area contributed by atoms with Crippen LogP contribution >= 0.6 is 0 Å². The lowest BCUT2D eigenvalue weighted by Crippen LogP contribution is -2.49. The third-order valence-electron chi connectivity index (χ3n) is 3.67. The molecule has 0 aromatic rings. The fraction of sp³-hybridized carbons (Fsp3) is 1.00. The fourth-order valence-corrected chi connectivity index (χ4v) is 2.53. The predicted molar refractivity (Wildman–Crippen MR) is 80.5 cm³/mol. The van der Waals surface area contributed by atoms with Crippen LogP contribution in [0.4, 0.5) is 13.2 Å². The second kappa shape index (κ2) is 8.34. The van der Waals surface area contributed by atoms with Crippen LogP contribution in [0.1, 0.15) is 40.0 Å². The molecule has 1 rings (SSSR count). The molecule has 1 aliphatic rings. The monoisotopic (exact) mass is 309 g/mol. The van der Waals surface area contributed by atoms with Crippen LogP contribution < -0.4 is 5.32 Å². The first-order valence-electron chi connectivity index (χ1n) is 7.92. The van der Waals surface area contributed by atoms with Crippen LogP contribution in [0, 0.1) is 0 Å². The third-order valence-corrected chi connectivity index (χ3v) is 3.67. The van der Waals surface area contributed by atoms with E-state index in [4.69, 9.17) is 0 Å². The van der Waals surface area contributed by atoms with Crippen molar-refractivity contribution in [2.24, 2.45) is 0 Å². The molecule has 0 aromatic carbocycles. The maximum Gasteiger partial charge on any atom is 0.401 e. The van der Waals surface area contributed by atoms with E-state index < -0.39 is 12.7 Å². The van der Waals surface area contributed by atoms with Crippen molar-refractivity contribution in [1.29, 1.82) is 0 Å². The Morgan fingerprint density at radius 3 is 1.95 bits per heavy atom. The molecule has 6 heteroatoms. The average molecular weight is 309 g/mol. The zero-order chi connectivity index (χ0) is 15.9. The summed E-state index contributed by atoms with van der Waals surface area (Å²) in [5, 5.41) is 3.46. The van der Waals surface area contributed by atoms with Crippen molar-refractivity contribution in [3.8, 4) is 0 Å². The Kier molecular flexibility index (Phi) is 7.44. The minimum absolute atomic E-state index is 0.175. The molecule has 0 saturated carbocycles. The van der Waals surface area contributed by atoms with Crippen LogP contribution in [0.15, 0.2) is 0 Å².